The Labute approximate surface area is 177 Å². The van der Waals surface area contributed by atoms with Gasteiger partial charge in [0.25, 0.3) is 0 Å². The number of benzene rings is 1. The van der Waals surface area contributed by atoms with E-state index >= 15 is 0 Å². The van der Waals surface area contributed by atoms with Crippen molar-refractivity contribution >= 4 is 22.9 Å². The van der Waals surface area contributed by atoms with Gasteiger partial charge in [-0.15, -0.1) is 0 Å². The average Bonchev–Trinajstić information content (AvgIpc) is 3.12. The Hall–Kier alpha value is -3.17. The molecule has 0 saturated heterocycles. The molecule has 2 heterocycles. The van der Waals surface area contributed by atoms with Gasteiger partial charge in [-0.05, 0) is 44.0 Å². The molecular weight excluding hydrogens is 377 g/mol. The number of anilines is 1. The van der Waals surface area contributed by atoms with Crippen molar-refractivity contribution in [1.29, 1.82) is 5.26 Å². The van der Waals surface area contributed by atoms with Gasteiger partial charge in [-0.2, -0.15) is 5.26 Å². The molecule has 1 atom stereocenters. The van der Waals surface area contributed by atoms with Crippen LogP contribution in [0, 0.1) is 24.1 Å². The topological polar surface area (TPSA) is 56.9 Å². The van der Waals surface area contributed by atoms with Crippen molar-refractivity contribution in [2.45, 2.75) is 39.8 Å². The fraction of sp³-hybridized carbons (Fsp3) is 0.333. The van der Waals surface area contributed by atoms with Crippen molar-refractivity contribution in [3.63, 3.8) is 0 Å². The van der Waals surface area contributed by atoms with E-state index in [4.69, 9.17) is 0 Å². The van der Waals surface area contributed by atoms with Gasteiger partial charge in [-0.1, -0.05) is 25.6 Å². The quantitative estimate of drug-likeness (QED) is 0.517. The van der Waals surface area contributed by atoms with Crippen molar-refractivity contribution < 1.29 is 4.39 Å². The van der Waals surface area contributed by atoms with Gasteiger partial charge in [-0.3, -0.25) is 0 Å². The smallest absolute Gasteiger partial charge is 0.141 e. The summed E-state index contributed by atoms with van der Waals surface area (Å²) in [7, 11) is 0. The van der Waals surface area contributed by atoms with Crippen LogP contribution >= 0.6 is 0 Å². The van der Waals surface area contributed by atoms with Crippen LogP contribution in [0.1, 0.15) is 37.1 Å². The number of nitrogens with one attached hydrogen (secondary N) is 1. The predicted molar refractivity (Wildman–Crippen MR) is 121 cm³/mol. The van der Waals surface area contributed by atoms with E-state index in [1.165, 1.54) is 6.07 Å². The molecule has 1 unspecified atom stereocenters. The normalized spacial score (nSPS) is 12.0. The molecule has 6 heteroatoms. The number of hydrogen-bond acceptors (Lipinski definition) is 4. The average molecular weight is 406 g/mol. The molecule has 0 fully saturated rings. The first kappa shape index (κ1) is 21.5. The summed E-state index contributed by atoms with van der Waals surface area (Å²) in [6.07, 6.45) is 4.72. The van der Waals surface area contributed by atoms with Crippen LogP contribution in [0.15, 0.2) is 43.1 Å². The first-order valence-electron chi connectivity index (χ1n) is 10.3. The second kappa shape index (κ2) is 9.55. The van der Waals surface area contributed by atoms with Gasteiger partial charge >= 0.3 is 0 Å². The van der Waals surface area contributed by atoms with Crippen LogP contribution in [-0.4, -0.2) is 28.7 Å². The molecule has 0 spiro atoms. The predicted octanol–water partition coefficient (Wildman–Crippen LogP) is 4.85. The van der Waals surface area contributed by atoms with Gasteiger partial charge in [0.2, 0.25) is 0 Å². The van der Waals surface area contributed by atoms with E-state index in [2.05, 4.69) is 41.7 Å². The van der Waals surface area contributed by atoms with Crippen molar-refractivity contribution in [2.75, 3.05) is 18.0 Å². The number of hydrogen-bond donors (Lipinski definition) is 1. The van der Waals surface area contributed by atoms with Gasteiger partial charge in [0.05, 0.1) is 11.2 Å². The first-order chi connectivity index (χ1) is 14.5. The Morgan fingerprint density at radius 2 is 2.17 bits per heavy atom. The molecule has 0 radical (unpaired) electrons. The summed E-state index contributed by atoms with van der Waals surface area (Å²) < 4.78 is 16.0. The van der Waals surface area contributed by atoms with Crippen molar-refractivity contribution in [2.24, 2.45) is 0 Å². The van der Waals surface area contributed by atoms with Gasteiger partial charge in [0, 0.05) is 43.6 Å². The maximum absolute atomic E-state index is 14.1. The molecule has 5 nitrogen and oxygen atoms in total. The highest BCUT2D eigenvalue weighted by atomic mass is 19.1. The fourth-order valence-corrected chi connectivity index (χ4v) is 3.64. The SMILES string of the molecule is C=Cn1cc(N(CCNCc2c(C)cccc2F)C(C)CC)c2nc(C#N)ccc21. The van der Waals surface area contributed by atoms with Crippen molar-refractivity contribution in [3.8, 4) is 6.07 Å². The summed E-state index contributed by atoms with van der Waals surface area (Å²) in [5.41, 5.74) is 4.73. The summed E-state index contributed by atoms with van der Waals surface area (Å²) >= 11 is 0. The fourth-order valence-electron chi connectivity index (χ4n) is 3.64. The van der Waals surface area contributed by atoms with Crippen molar-refractivity contribution in [1.82, 2.24) is 14.9 Å². The Kier molecular flexibility index (Phi) is 6.86. The van der Waals surface area contributed by atoms with E-state index in [9.17, 15) is 9.65 Å². The third kappa shape index (κ3) is 4.37. The molecule has 156 valence electrons. The summed E-state index contributed by atoms with van der Waals surface area (Å²) in [6, 6.07) is 11.2. The van der Waals surface area contributed by atoms with Crippen LogP contribution in [0.5, 0.6) is 0 Å². The highest BCUT2D eigenvalue weighted by molar-refractivity contribution is 5.92. The maximum Gasteiger partial charge on any atom is 0.141 e. The van der Waals surface area contributed by atoms with Crippen LogP contribution in [-0.2, 0) is 6.54 Å². The molecular formula is C24H28FN5. The second-order valence-electron chi connectivity index (χ2n) is 7.44. The number of nitrogens with zero attached hydrogens (tertiary/aromatic N) is 4. The van der Waals surface area contributed by atoms with E-state index in [0.29, 0.717) is 24.3 Å². The number of fused-ring (bicyclic) bond motifs is 1. The molecule has 3 rings (SSSR count). The van der Waals surface area contributed by atoms with Crippen molar-refractivity contribution in [3.05, 3.63) is 65.7 Å². The molecule has 1 aromatic carbocycles. The lowest BCUT2D eigenvalue weighted by Crippen LogP contribution is -2.38. The minimum Gasteiger partial charge on any atom is -0.365 e. The first-order valence-corrected chi connectivity index (χ1v) is 10.3. The molecule has 0 saturated carbocycles. The summed E-state index contributed by atoms with van der Waals surface area (Å²) in [4.78, 5) is 6.85. The minimum atomic E-state index is -0.177. The van der Waals surface area contributed by atoms with E-state index in [1.807, 2.05) is 29.8 Å². The Bertz CT molecular complexity index is 1060. The molecule has 2 aromatic heterocycles. The number of pyridine rings is 1. The lowest BCUT2D eigenvalue weighted by molar-refractivity contribution is 0.564. The molecule has 0 aliphatic heterocycles. The third-order valence-electron chi connectivity index (χ3n) is 5.58. The van der Waals surface area contributed by atoms with E-state index in [0.717, 1.165) is 35.2 Å². The zero-order chi connectivity index (χ0) is 21.7. The molecule has 3 aromatic rings. The zero-order valence-corrected chi connectivity index (χ0v) is 17.8. The summed E-state index contributed by atoms with van der Waals surface area (Å²) in [5, 5.41) is 12.7. The molecule has 0 aliphatic carbocycles. The lowest BCUT2D eigenvalue weighted by Gasteiger charge is -2.30. The number of rotatable bonds is 9. The molecule has 1 N–H and O–H groups in total. The monoisotopic (exact) mass is 405 g/mol. The lowest BCUT2D eigenvalue weighted by atomic mass is 10.1. The third-order valence-corrected chi connectivity index (χ3v) is 5.58. The van der Waals surface area contributed by atoms with Gasteiger partial charge < -0.3 is 14.8 Å². The van der Waals surface area contributed by atoms with E-state index in [1.54, 1.807) is 18.3 Å². The largest absolute Gasteiger partial charge is 0.365 e. The van der Waals surface area contributed by atoms with Crippen LogP contribution < -0.4 is 10.2 Å². The number of halogens is 1. The Balaban J connectivity index is 1.83. The van der Waals surface area contributed by atoms with Crippen LogP contribution in [0.2, 0.25) is 0 Å². The summed E-state index contributed by atoms with van der Waals surface area (Å²) in [5.74, 6) is -0.177. The zero-order valence-electron chi connectivity index (χ0n) is 17.8. The van der Waals surface area contributed by atoms with Crippen LogP contribution in [0.3, 0.4) is 0 Å². The van der Waals surface area contributed by atoms with Crippen LogP contribution in [0.4, 0.5) is 10.1 Å². The molecule has 0 aliphatic rings. The second-order valence-corrected chi connectivity index (χ2v) is 7.44. The van der Waals surface area contributed by atoms with Crippen LogP contribution in [0.25, 0.3) is 17.2 Å². The molecule has 0 bridgehead atoms. The Morgan fingerprint density at radius 1 is 1.37 bits per heavy atom. The van der Waals surface area contributed by atoms with Gasteiger partial charge in [0.15, 0.2) is 0 Å². The maximum atomic E-state index is 14.1. The van der Waals surface area contributed by atoms with Gasteiger partial charge in [0.1, 0.15) is 23.1 Å². The Morgan fingerprint density at radius 3 is 2.83 bits per heavy atom. The highest BCUT2D eigenvalue weighted by Crippen LogP contribution is 2.30. The number of nitriles is 1. The number of aryl methyl sites for hydroxylation is 1. The summed E-state index contributed by atoms with van der Waals surface area (Å²) in [6.45, 7) is 12.0. The highest BCUT2D eigenvalue weighted by Gasteiger charge is 2.19. The molecule has 0 amide bonds. The minimum absolute atomic E-state index is 0.177. The standard InChI is InChI=1S/C24H28FN5/c1-5-18(4)30(13-12-27-15-20-17(3)8-7-9-21(20)25)23-16-29(6-2)22-11-10-19(14-26)28-24(22)23/h6-11,16,18,27H,2,5,12-13,15H2,1,3-4H3. The number of aromatic nitrogens is 2. The van der Waals surface area contributed by atoms with E-state index in [-0.39, 0.29) is 11.9 Å². The molecule has 30 heavy (non-hydrogen) atoms. The van der Waals surface area contributed by atoms with E-state index < -0.39 is 0 Å². The van der Waals surface area contributed by atoms with Gasteiger partial charge in [-0.25, -0.2) is 9.37 Å².